The molecule has 31 heavy (non-hydrogen) atoms. The number of carbonyl (C=O) groups excluding carboxylic acids is 1. The number of rotatable bonds is 9. The van der Waals surface area contributed by atoms with Crippen molar-refractivity contribution in [1.82, 2.24) is 16.0 Å². The van der Waals surface area contributed by atoms with E-state index in [1.54, 1.807) is 0 Å². The molecule has 0 bridgehead atoms. The zero-order chi connectivity index (χ0) is 21.2. The van der Waals surface area contributed by atoms with Crippen molar-refractivity contribution < 1.29 is 14.3 Å². The molecular weight excluding hydrogens is 507 g/mol. The highest BCUT2D eigenvalue weighted by atomic mass is 127. The quantitative estimate of drug-likeness (QED) is 0.260. The minimum absolute atomic E-state index is 0. The molecule has 3 rings (SSSR count). The second-order valence-corrected chi connectivity index (χ2v) is 7.02. The summed E-state index contributed by atoms with van der Waals surface area (Å²) in [6.07, 6.45) is 0.991. The molecular formula is C23H31IN4O3. The van der Waals surface area contributed by atoms with Crippen LogP contribution in [0, 0.1) is 0 Å². The van der Waals surface area contributed by atoms with Gasteiger partial charge in [-0.3, -0.25) is 4.79 Å². The molecule has 0 radical (unpaired) electrons. The molecule has 8 heteroatoms. The number of hydrogen-bond donors (Lipinski definition) is 3. The van der Waals surface area contributed by atoms with Gasteiger partial charge in [-0.05, 0) is 43.2 Å². The maximum atomic E-state index is 11.6. The van der Waals surface area contributed by atoms with Gasteiger partial charge >= 0.3 is 0 Å². The number of amides is 1. The molecule has 1 atom stereocenters. The van der Waals surface area contributed by atoms with Gasteiger partial charge in [-0.2, -0.15) is 0 Å². The molecule has 1 aliphatic rings. The van der Waals surface area contributed by atoms with Gasteiger partial charge in [0.25, 0.3) is 5.91 Å². The van der Waals surface area contributed by atoms with Crippen molar-refractivity contribution in [2.45, 2.75) is 32.9 Å². The molecule has 0 saturated carbocycles. The van der Waals surface area contributed by atoms with Gasteiger partial charge in [0.05, 0.1) is 13.1 Å². The highest BCUT2D eigenvalue weighted by Gasteiger charge is 2.22. The largest absolute Gasteiger partial charge is 0.488 e. The third-order valence-corrected chi connectivity index (χ3v) is 4.62. The van der Waals surface area contributed by atoms with Gasteiger partial charge in [0.2, 0.25) is 0 Å². The Kier molecular flexibility index (Phi) is 10.4. The summed E-state index contributed by atoms with van der Waals surface area (Å²) in [5.41, 5.74) is 2.25. The fourth-order valence-electron chi connectivity index (χ4n) is 3.22. The van der Waals surface area contributed by atoms with E-state index in [1.807, 2.05) is 56.3 Å². The second kappa shape index (κ2) is 13.0. The van der Waals surface area contributed by atoms with Crippen LogP contribution in [0.2, 0.25) is 0 Å². The molecule has 2 aromatic carbocycles. The molecule has 2 aromatic rings. The predicted octanol–water partition coefficient (Wildman–Crippen LogP) is 2.88. The Balaban J connectivity index is 0.00000341. The Morgan fingerprint density at radius 2 is 1.90 bits per heavy atom. The van der Waals surface area contributed by atoms with E-state index in [4.69, 9.17) is 9.47 Å². The van der Waals surface area contributed by atoms with E-state index in [1.165, 1.54) is 5.56 Å². The number of fused-ring (bicyclic) bond motifs is 1. The highest BCUT2D eigenvalue weighted by Crippen LogP contribution is 2.27. The molecule has 1 unspecified atom stereocenters. The molecule has 0 fully saturated rings. The van der Waals surface area contributed by atoms with Gasteiger partial charge in [-0.15, -0.1) is 24.0 Å². The smallest absolute Gasteiger partial charge is 0.257 e. The van der Waals surface area contributed by atoms with Crippen molar-refractivity contribution in [2.24, 2.45) is 4.99 Å². The molecule has 3 N–H and O–H groups in total. The van der Waals surface area contributed by atoms with Gasteiger partial charge in [-0.1, -0.05) is 30.3 Å². The number of aliphatic imine (C=N–C) groups is 1. The molecule has 1 heterocycles. The summed E-state index contributed by atoms with van der Waals surface area (Å²) < 4.78 is 11.5. The molecule has 0 aromatic heterocycles. The summed E-state index contributed by atoms with van der Waals surface area (Å²) >= 11 is 0. The molecule has 0 aliphatic carbocycles. The van der Waals surface area contributed by atoms with Crippen LogP contribution in [-0.2, 0) is 17.8 Å². The van der Waals surface area contributed by atoms with Gasteiger partial charge in [-0.25, -0.2) is 4.99 Å². The summed E-state index contributed by atoms with van der Waals surface area (Å²) in [6, 6.07) is 15.8. The Labute approximate surface area is 201 Å². The molecule has 1 amide bonds. The standard InChI is InChI=1S/C23H30N4O3.HI/c1-3-24-22(28)16-29-19-10-7-8-17(12-19)14-26-23(25-4-2)27-15-20-13-18-9-5-6-11-21(18)30-20;/h5-12,20H,3-4,13-16H2,1-2H3,(H,24,28)(H2,25,26,27);1H. The van der Waals surface area contributed by atoms with Crippen molar-refractivity contribution in [2.75, 3.05) is 26.2 Å². The first-order chi connectivity index (χ1) is 14.7. The number of halogens is 1. The van der Waals surface area contributed by atoms with Gasteiger partial charge in [0.1, 0.15) is 17.6 Å². The minimum atomic E-state index is -0.129. The molecule has 0 saturated heterocycles. The Morgan fingerprint density at radius 3 is 2.68 bits per heavy atom. The fourth-order valence-corrected chi connectivity index (χ4v) is 3.22. The van der Waals surface area contributed by atoms with Crippen molar-refractivity contribution in [3.8, 4) is 11.5 Å². The van der Waals surface area contributed by atoms with E-state index in [0.29, 0.717) is 25.4 Å². The lowest BCUT2D eigenvalue weighted by Gasteiger charge is -2.15. The van der Waals surface area contributed by atoms with E-state index in [2.05, 4.69) is 27.0 Å². The van der Waals surface area contributed by atoms with Crippen molar-refractivity contribution >= 4 is 35.8 Å². The summed E-state index contributed by atoms with van der Waals surface area (Å²) in [5.74, 6) is 2.24. The molecule has 7 nitrogen and oxygen atoms in total. The van der Waals surface area contributed by atoms with E-state index >= 15 is 0 Å². The van der Waals surface area contributed by atoms with Crippen LogP contribution in [0.4, 0.5) is 0 Å². The third-order valence-electron chi connectivity index (χ3n) is 4.62. The van der Waals surface area contributed by atoms with E-state index in [-0.39, 0.29) is 42.6 Å². The first-order valence-corrected chi connectivity index (χ1v) is 10.4. The number of nitrogens with zero attached hydrogens (tertiary/aromatic N) is 1. The van der Waals surface area contributed by atoms with Gasteiger partial charge < -0.3 is 25.4 Å². The number of para-hydroxylation sites is 1. The number of guanidine groups is 1. The Bertz CT molecular complexity index is 850. The number of ether oxygens (including phenoxy) is 2. The van der Waals surface area contributed by atoms with Crippen LogP contribution in [0.25, 0.3) is 0 Å². The molecule has 168 valence electrons. The number of benzene rings is 2. The zero-order valence-electron chi connectivity index (χ0n) is 18.0. The van der Waals surface area contributed by atoms with Crippen molar-refractivity contribution in [3.63, 3.8) is 0 Å². The zero-order valence-corrected chi connectivity index (χ0v) is 20.3. The SMILES string of the molecule is CCNC(=O)COc1cccc(CN=C(NCC)NCC2Cc3ccccc3O2)c1.I. The lowest BCUT2D eigenvalue weighted by Crippen LogP contribution is -2.42. The summed E-state index contributed by atoms with van der Waals surface area (Å²) in [7, 11) is 0. The third kappa shape index (κ3) is 7.93. The maximum Gasteiger partial charge on any atom is 0.257 e. The number of carbonyl (C=O) groups is 1. The van der Waals surface area contributed by atoms with E-state index < -0.39 is 0 Å². The van der Waals surface area contributed by atoms with Crippen LogP contribution in [0.3, 0.4) is 0 Å². The van der Waals surface area contributed by atoms with E-state index in [9.17, 15) is 4.79 Å². The monoisotopic (exact) mass is 538 g/mol. The average Bonchev–Trinajstić information content (AvgIpc) is 3.18. The second-order valence-electron chi connectivity index (χ2n) is 7.02. The fraction of sp³-hybridized carbons (Fsp3) is 0.391. The summed E-state index contributed by atoms with van der Waals surface area (Å²) in [4.78, 5) is 16.2. The van der Waals surface area contributed by atoms with Crippen LogP contribution in [-0.4, -0.2) is 44.2 Å². The van der Waals surface area contributed by atoms with Gasteiger partial charge in [0.15, 0.2) is 12.6 Å². The van der Waals surface area contributed by atoms with E-state index in [0.717, 1.165) is 30.2 Å². The number of nitrogens with one attached hydrogen (secondary N) is 3. The lowest BCUT2D eigenvalue weighted by molar-refractivity contribution is -0.122. The minimum Gasteiger partial charge on any atom is -0.488 e. The molecule has 1 aliphatic heterocycles. The Morgan fingerprint density at radius 1 is 1.10 bits per heavy atom. The Hall–Kier alpha value is -2.49. The first kappa shape index (κ1) is 24.8. The number of likely N-dealkylation sites (N-methyl/N-ethyl adjacent to an activating group) is 1. The summed E-state index contributed by atoms with van der Waals surface area (Å²) in [6.45, 7) is 6.46. The first-order valence-electron chi connectivity index (χ1n) is 10.4. The van der Waals surface area contributed by atoms with Crippen LogP contribution in [0.5, 0.6) is 11.5 Å². The van der Waals surface area contributed by atoms with Crippen LogP contribution in [0.1, 0.15) is 25.0 Å². The predicted molar refractivity (Wildman–Crippen MR) is 133 cm³/mol. The summed E-state index contributed by atoms with van der Waals surface area (Å²) in [5, 5.41) is 9.35. The molecule has 0 spiro atoms. The number of hydrogen-bond acceptors (Lipinski definition) is 4. The average molecular weight is 538 g/mol. The van der Waals surface area contributed by atoms with Crippen LogP contribution in [0.15, 0.2) is 53.5 Å². The van der Waals surface area contributed by atoms with Crippen LogP contribution < -0.4 is 25.4 Å². The normalized spacial score (nSPS) is 14.6. The highest BCUT2D eigenvalue weighted by molar-refractivity contribution is 14.0. The van der Waals surface area contributed by atoms with Crippen LogP contribution >= 0.6 is 24.0 Å². The van der Waals surface area contributed by atoms with Crippen molar-refractivity contribution in [1.29, 1.82) is 0 Å². The lowest BCUT2D eigenvalue weighted by atomic mass is 10.1. The van der Waals surface area contributed by atoms with Crippen molar-refractivity contribution in [3.05, 3.63) is 59.7 Å². The topological polar surface area (TPSA) is 84.0 Å². The maximum absolute atomic E-state index is 11.6. The van der Waals surface area contributed by atoms with Gasteiger partial charge in [0, 0.05) is 19.5 Å².